The summed E-state index contributed by atoms with van der Waals surface area (Å²) in [6.45, 7) is 2.73. The van der Waals surface area contributed by atoms with E-state index >= 15 is 0 Å². The molecular formula is C22H20F2N4O3. The van der Waals surface area contributed by atoms with E-state index in [-0.39, 0.29) is 24.8 Å². The van der Waals surface area contributed by atoms with Gasteiger partial charge in [0.25, 0.3) is 0 Å². The summed E-state index contributed by atoms with van der Waals surface area (Å²) < 4.78 is 31.6. The zero-order chi connectivity index (χ0) is 22.0. The van der Waals surface area contributed by atoms with Crippen LogP contribution in [0.5, 0.6) is 0 Å². The van der Waals surface area contributed by atoms with Gasteiger partial charge in [0, 0.05) is 50.3 Å². The van der Waals surface area contributed by atoms with Gasteiger partial charge in [-0.3, -0.25) is 9.69 Å². The first kappa shape index (κ1) is 20.6. The van der Waals surface area contributed by atoms with Gasteiger partial charge in [0.2, 0.25) is 0 Å². The fourth-order valence-corrected chi connectivity index (χ4v) is 3.46. The van der Waals surface area contributed by atoms with E-state index in [1.807, 2.05) is 0 Å². The fourth-order valence-electron chi connectivity index (χ4n) is 3.46. The van der Waals surface area contributed by atoms with Crippen LogP contribution in [0.25, 0.3) is 0 Å². The van der Waals surface area contributed by atoms with E-state index in [2.05, 4.69) is 10.1 Å². The number of benzene rings is 1. The fraction of sp³-hybridized carbons (Fsp3) is 0.273. The molecule has 1 fully saturated rings. The van der Waals surface area contributed by atoms with Crippen LogP contribution < -0.4 is 4.90 Å². The highest BCUT2D eigenvalue weighted by Crippen LogP contribution is 2.22. The number of halogens is 2. The Balaban J connectivity index is 1.41. The topological polar surface area (TPSA) is 79.5 Å². The van der Waals surface area contributed by atoms with Crippen LogP contribution in [-0.4, -0.2) is 39.9 Å². The van der Waals surface area contributed by atoms with Crippen LogP contribution in [0.4, 0.5) is 19.4 Å². The highest BCUT2D eigenvalue weighted by molar-refractivity contribution is 5.98. The highest BCUT2D eigenvalue weighted by Gasteiger charge is 2.30. The molecule has 1 aromatic carbocycles. The van der Waals surface area contributed by atoms with Gasteiger partial charge >= 0.3 is 6.03 Å². The van der Waals surface area contributed by atoms with E-state index in [9.17, 15) is 18.4 Å². The van der Waals surface area contributed by atoms with Crippen molar-refractivity contribution in [2.24, 2.45) is 0 Å². The third kappa shape index (κ3) is 4.60. The van der Waals surface area contributed by atoms with E-state index in [1.54, 1.807) is 25.1 Å². The predicted molar refractivity (Wildman–Crippen MR) is 108 cm³/mol. The molecule has 0 saturated carbocycles. The van der Waals surface area contributed by atoms with Crippen LogP contribution >= 0.6 is 0 Å². The van der Waals surface area contributed by atoms with E-state index in [0.717, 1.165) is 12.1 Å². The molecule has 4 rings (SSSR count). The summed E-state index contributed by atoms with van der Waals surface area (Å²) in [5.74, 6) is -0.901. The average Bonchev–Trinajstić information content (AvgIpc) is 3.34. The van der Waals surface area contributed by atoms with Crippen LogP contribution in [0.15, 0.2) is 47.1 Å². The standard InChI is InChI=1S/C22H20F2N4O3/c1-14-10-17(26-31-14)3-5-20(29)16-6-7-25-21(12-16)28-9-8-27(22(28)30)13-15-2-4-18(23)19(24)11-15/h2,4,6-7,10-12H,3,5,8-9,13H2,1H3. The van der Waals surface area contributed by atoms with Gasteiger partial charge in [-0.2, -0.15) is 0 Å². The maximum absolute atomic E-state index is 13.4. The Morgan fingerprint density at radius 2 is 1.97 bits per heavy atom. The Hall–Kier alpha value is -3.62. The number of amides is 2. The predicted octanol–water partition coefficient (Wildman–Crippen LogP) is 3.91. The molecule has 160 valence electrons. The molecule has 1 aliphatic heterocycles. The number of carbonyl (C=O) groups is 2. The monoisotopic (exact) mass is 426 g/mol. The number of hydrogen-bond acceptors (Lipinski definition) is 5. The minimum Gasteiger partial charge on any atom is -0.361 e. The van der Waals surface area contributed by atoms with Crippen molar-refractivity contribution in [3.05, 3.63) is 76.8 Å². The minimum absolute atomic E-state index is 0.0883. The van der Waals surface area contributed by atoms with Gasteiger partial charge in [0.05, 0.1) is 5.69 Å². The molecular weight excluding hydrogens is 406 g/mol. The molecule has 0 aliphatic carbocycles. The van der Waals surface area contributed by atoms with Crippen molar-refractivity contribution in [2.75, 3.05) is 18.0 Å². The zero-order valence-corrected chi connectivity index (χ0v) is 16.8. The average molecular weight is 426 g/mol. The van der Waals surface area contributed by atoms with Gasteiger partial charge in [0.15, 0.2) is 17.4 Å². The van der Waals surface area contributed by atoms with Gasteiger partial charge < -0.3 is 9.42 Å². The summed E-state index contributed by atoms with van der Waals surface area (Å²) in [6, 6.07) is 8.26. The van der Waals surface area contributed by atoms with Gasteiger partial charge in [-0.15, -0.1) is 0 Å². The van der Waals surface area contributed by atoms with Crippen LogP contribution in [-0.2, 0) is 13.0 Å². The number of pyridine rings is 1. The van der Waals surface area contributed by atoms with Crippen molar-refractivity contribution < 1.29 is 22.9 Å². The van der Waals surface area contributed by atoms with Crippen LogP contribution in [0.1, 0.15) is 33.8 Å². The third-order valence-corrected chi connectivity index (χ3v) is 5.08. The molecule has 2 amide bonds. The minimum atomic E-state index is -0.949. The van der Waals surface area contributed by atoms with Crippen molar-refractivity contribution in [3.63, 3.8) is 0 Å². The van der Waals surface area contributed by atoms with Crippen molar-refractivity contribution >= 4 is 17.6 Å². The lowest BCUT2D eigenvalue weighted by molar-refractivity contribution is 0.0982. The smallest absolute Gasteiger partial charge is 0.326 e. The normalized spacial score (nSPS) is 13.8. The molecule has 1 saturated heterocycles. The molecule has 0 spiro atoms. The van der Waals surface area contributed by atoms with E-state index in [1.165, 1.54) is 22.1 Å². The Morgan fingerprint density at radius 1 is 1.13 bits per heavy atom. The number of nitrogens with zero attached hydrogens (tertiary/aromatic N) is 4. The molecule has 3 aromatic rings. The molecule has 0 unspecified atom stereocenters. The van der Waals surface area contributed by atoms with Crippen molar-refractivity contribution in [1.29, 1.82) is 0 Å². The van der Waals surface area contributed by atoms with Crippen LogP contribution in [0.3, 0.4) is 0 Å². The summed E-state index contributed by atoms with van der Waals surface area (Å²) in [5, 5.41) is 3.88. The number of Topliss-reactive ketones (excluding diaryl/α,β-unsaturated/α-hetero) is 1. The quantitative estimate of drug-likeness (QED) is 0.535. The molecule has 2 aromatic heterocycles. The molecule has 0 radical (unpaired) electrons. The second kappa shape index (κ2) is 8.63. The summed E-state index contributed by atoms with van der Waals surface area (Å²) in [5.41, 5.74) is 1.66. The highest BCUT2D eigenvalue weighted by atomic mass is 19.2. The summed E-state index contributed by atoms with van der Waals surface area (Å²) >= 11 is 0. The number of ketones is 1. The van der Waals surface area contributed by atoms with E-state index < -0.39 is 11.6 Å². The summed E-state index contributed by atoms with van der Waals surface area (Å²) in [7, 11) is 0. The Morgan fingerprint density at radius 3 is 2.71 bits per heavy atom. The van der Waals surface area contributed by atoms with E-state index in [0.29, 0.717) is 47.9 Å². The first-order chi connectivity index (χ1) is 14.9. The number of urea groups is 1. The Bertz CT molecular complexity index is 1130. The molecule has 0 N–H and O–H groups in total. The second-order valence-electron chi connectivity index (χ2n) is 7.36. The molecule has 7 nitrogen and oxygen atoms in total. The molecule has 31 heavy (non-hydrogen) atoms. The second-order valence-corrected chi connectivity index (χ2v) is 7.36. The molecule has 0 atom stereocenters. The lowest BCUT2D eigenvalue weighted by Crippen LogP contribution is -2.32. The first-order valence-electron chi connectivity index (χ1n) is 9.82. The van der Waals surface area contributed by atoms with E-state index in [4.69, 9.17) is 4.52 Å². The number of aryl methyl sites for hydroxylation is 2. The van der Waals surface area contributed by atoms with Crippen molar-refractivity contribution in [2.45, 2.75) is 26.3 Å². The van der Waals surface area contributed by atoms with Gasteiger partial charge in [-0.25, -0.2) is 18.6 Å². The van der Waals surface area contributed by atoms with Crippen LogP contribution in [0, 0.1) is 18.6 Å². The van der Waals surface area contributed by atoms with Gasteiger partial charge in [0.1, 0.15) is 11.6 Å². The number of aromatic nitrogens is 2. The zero-order valence-electron chi connectivity index (χ0n) is 16.8. The number of hydrogen-bond donors (Lipinski definition) is 0. The molecule has 9 heteroatoms. The van der Waals surface area contributed by atoms with Gasteiger partial charge in [-0.05, 0) is 36.8 Å². The number of carbonyl (C=O) groups excluding carboxylic acids is 2. The SMILES string of the molecule is Cc1cc(CCC(=O)c2ccnc(N3CCN(Cc4ccc(F)c(F)c4)C3=O)c2)no1. The molecule has 3 heterocycles. The van der Waals surface area contributed by atoms with Crippen LogP contribution in [0.2, 0.25) is 0 Å². The third-order valence-electron chi connectivity index (χ3n) is 5.08. The molecule has 0 bridgehead atoms. The van der Waals surface area contributed by atoms with Crippen molar-refractivity contribution in [1.82, 2.24) is 15.0 Å². The number of anilines is 1. The summed E-state index contributed by atoms with van der Waals surface area (Å²) in [6.07, 6.45) is 2.21. The Labute approximate surface area is 177 Å². The number of rotatable bonds is 7. The lowest BCUT2D eigenvalue weighted by atomic mass is 10.1. The lowest BCUT2D eigenvalue weighted by Gasteiger charge is -2.18. The maximum atomic E-state index is 13.4. The Kier molecular flexibility index (Phi) is 5.75. The summed E-state index contributed by atoms with van der Waals surface area (Å²) in [4.78, 5) is 32.6. The maximum Gasteiger partial charge on any atom is 0.326 e. The molecule has 1 aliphatic rings. The first-order valence-corrected chi connectivity index (χ1v) is 9.82. The van der Waals surface area contributed by atoms with Crippen molar-refractivity contribution in [3.8, 4) is 0 Å². The largest absolute Gasteiger partial charge is 0.361 e. The van der Waals surface area contributed by atoms with Gasteiger partial charge in [-0.1, -0.05) is 11.2 Å².